The molecule has 1 amide bonds. The highest BCUT2D eigenvalue weighted by atomic mass is 127. The number of hydrogen-bond acceptors (Lipinski definition) is 5. The standard InChI is InChI=1S/C22H35N5O3.HI/c1-24-22(26-17-10-12-27(13-11-17)15-20(23)28)25-14-16-6-5-9-19(29-2)21(16)30-18-7-3-4-8-18;/h5-6,9,17-18H,3-4,7-8,10-15H2,1-2H3,(H2,23,28)(H2,24,25,26);1H. The third-order valence-electron chi connectivity index (χ3n) is 5.84. The van der Waals surface area contributed by atoms with Crippen LogP contribution in [0.2, 0.25) is 0 Å². The number of piperidine rings is 1. The molecule has 9 heteroatoms. The zero-order chi connectivity index (χ0) is 21.3. The van der Waals surface area contributed by atoms with Gasteiger partial charge in [0.15, 0.2) is 17.5 Å². The number of nitrogens with zero attached hydrogens (tertiary/aromatic N) is 2. The van der Waals surface area contributed by atoms with Gasteiger partial charge in [0.05, 0.1) is 19.8 Å². The molecule has 1 aliphatic carbocycles. The van der Waals surface area contributed by atoms with Crippen LogP contribution in [0.5, 0.6) is 11.5 Å². The van der Waals surface area contributed by atoms with Crippen LogP contribution in [0.3, 0.4) is 0 Å². The predicted octanol–water partition coefficient (Wildman–Crippen LogP) is 2.25. The molecule has 0 radical (unpaired) electrons. The maximum atomic E-state index is 11.1. The van der Waals surface area contributed by atoms with Gasteiger partial charge < -0.3 is 25.8 Å². The van der Waals surface area contributed by atoms with Gasteiger partial charge in [-0.15, -0.1) is 24.0 Å². The Labute approximate surface area is 202 Å². The van der Waals surface area contributed by atoms with E-state index in [0.29, 0.717) is 19.1 Å². The molecule has 0 unspecified atom stereocenters. The molecule has 1 saturated carbocycles. The minimum Gasteiger partial charge on any atom is -0.493 e. The first-order chi connectivity index (χ1) is 14.6. The second-order valence-electron chi connectivity index (χ2n) is 8.06. The molecule has 0 aromatic heterocycles. The number of halogens is 1. The zero-order valence-corrected chi connectivity index (χ0v) is 20.9. The molecule has 1 aliphatic heterocycles. The number of rotatable bonds is 8. The molecule has 0 bridgehead atoms. The number of primary amides is 1. The molecule has 4 N–H and O–H groups in total. The minimum atomic E-state index is -0.271. The number of carbonyl (C=O) groups excluding carboxylic acids is 1. The highest BCUT2D eigenvalue weighted by molar-refractivity contribution is 14.0. The highest BCUT2D eigenvalue weighted by Gasteiger charge is 2.22. The average Bonchev–Trinajstić information content (AvgIpc) is 3.26. The van der Waals surface area contributed by atoms with Crippen molar-refractivity contribution in [1.29, 1.82) is 0 Å². The molecule has 0 spiro atoms. The fourth-order valence-corrected chi connectivity index (χ4v) is 4.19. The number of ether oxygens (including phenoxy) is 2. The first-order valence-electron chi connectivity index (χ1n) is 10.9. The van der Waals surface area contributed by atoms with Gasteiger partial charge in [-0.05, 0) is 44.6 Å². The Hall–Kier alpha value is -1.75. The smallest absolute Gasteiger partial charge is 0.231 e. The normalized spacial score (nSPS) is 18.3. The number of amides is 1. The van der Waals surface area contributed by atoms with Crippen LogP contribution in [-0.4, -0.2) is 62.7 Å². The van der Waals surface area contributed by atoms with Crippen molar-refractivity contribution in [2.24, 2.45) is 10.7 Å². The summed E-state index contributed by atoms with van der Waals surface area (Å²) in [6.07, 6.45) is 6.81. The van der Waals surface area contributed by atoms with E-state index in [-0.39, 0.29) is 36.0 Å². The second kappa shape index (κ2) is 12.9. The topological polar surface area (TPSA) is 101 Å². The number of hydrogen-bond donors (Lipinski definition) is 3. The lowest BCUT2D eigenvalue weighted by atomic mass is 10.1. The van der Waals surface area contributed by atoms with Crippen molar-refractivity contribution in [2.75, 3.05) is 33.8 Å². The van der Waals surface area contributed by atoms with Crippen LogP contribution in [0, 0.1) is 0 Å². The lowest BCUT2D eigenvalue weighted by Gasteiger charge is -2.32. The third kappa shape index (κ3) is 7.71. The van der Waals surface area contributed by atoms with Crippen LogP contribution in [-0.2, 0) is 11.3 Å². The zero-order valence-electron chi connectivity index (χ0n) is 18.6. The second-order valence-corrected chi connectivity index (χ2v) is 8.06. The van der Waals surface area contributed by atoms with Gasteiger partial charge in [0.25, 0.3) is 0 Å². The highest BCUT2D eigenvalue weighted by Crippen LogP contribution is 2.34. The summed E-state index contributed by atoms with van der Waals surface area (Å²) in [5.74, 6) is 2.09. The Morgan fingerprint density at radius 2 is 1.94 bits per heavy atom. The lowest BCUT2D eigenvalue weighted by molar-refractivity contribution is -0.119. The van der Waals surface area contributed by atoms with Crippen LogP contribution in [0.4, 0.5) is 0 Å². The van der Waals surface area contributed by atoms with E-state index in [1.165, 1.54) is 12.8 Å². The van der Waals surface area contributed by atoms with Crippen LogP contribution in [0.15, 0.2) is 23.2 Å². The summed E-state index contributed by atoms with van der Waals surface area (Å²) in [5.41, 5.74) is 6.35. The summed E-state index contributed by atoms with van der Waals surface area (Å²) < 4.78 is 11.9. The van der Waals surface area contributed by atoms with E-state index in [0.717, 1.165) is 61.8 Å². The predicted molar refractivity (Wildman–Crippen MR) is 133 cm³/mol. The minimum absolute atomic E-state index is 0. The number of likely N-dealkylation sites (tertiary alicyclic amines) is 1. The van der Waals surface area contributed by atoms with Crippen molar-refractivity contribution < 1.29 is 14.3 Å². The molecule has 1 saturated heterocycles. The fraction of sp³-hybridized carbons (Fsp3) is 0.636. The summed E-state index contributed by atoms with van der Waals surface area (Å²) in [7, 11) is 3.46. The summed E-state index contributed by atoms with van der Waals surface area (Å²) in [4.78, 5) is 17.6. The van der Waals surface area contributed by atoms with Crippen molar-refractivity contribution in [2.45, 2.75) is 57.2 Å². The number of nitrogens with two attached hydrogens (primary N) is 1. The SMILES string of the molecule is CN=C(NCc1cccc(OC)c1OC1CCCC1)NC1CCN(CC(N)=O)CC1.I. The van der Waals surface area contributed by atoms with E-state index in [1.807, 2.05) is 12.1 Å². The summed E-state index contributed by atoms with van der Waals surface area (Å²) in [5, 5.41) is 6.90. The number of aliphatic imine (C=N–C) groups is 1. The van der Waals surface area contributed by atoms with Crippen molar-refractivity contribution in [1.82, 2.24) is 15.5 Å². The van der Waals surface area contributed by atoms with Gasteiger partial charge in [0.2, 0.25) is 5.91 Å². The number of carbonyl (C=O) groups is 1. The van der Waals surface area contributed by atoms with Crippen LogP contribution < -0.4 is 25.8 Å². The maximum absolute atomic E-state index is 11.1. The average molecular weight is 545 g/mol. The molecular weight excluding hydrogens is 509 g/mol. The van der Waals surface area contributed by atoms with E-state index in [4.69, 9.17) is 15.2 Å². The lowest BCUT2D eigenvalue weighted by Crippen LogP contribution is -2.49. The van der Waals surface area contributed by atoms with E-state index in [9.17, 15) is 4.79 Å². The van der Waals surface area contributed by atoms with Crippen molar-refractivity contribution >= 4 is 35.8 Å². The molecule has 2 aliphatic rings. The van der Waals surface area contributed by atoms with Gasteiger partial charge >= 0.3 is 0 Å². The number of nitrogens with one attached hydrogen (secondary N) is 2. The van der Waals surface area contributed by atoms with Crippen molar-refractivity contribution in [3.05, 3.63) is 23.8 Å². The Bertz CT molecular complexity index is 732. The van der Waals surface area contributed by atoms with Gasteiger partial charge in [0, 0.05) is 38.3 Å². The van der Waals surface area contributed by atoms with Gasteiger partial charge in [-0.3, -0.25) is 14.7 Å². The van der Waals surface area contributed by atoms with Crippen molar-refractivity contribution in [3.8, 4) is 11.5 Å². The molecule has 1 aromatic carbocycles. The Morgan fingerprint density at radius 3 is 2.55 bits per heavy atom. The molecule has 31 heavy (non-hydrogen) atoms. The van der Waals surface area contributed by atoms with Gasteiger partial charge in [-0.2, -0.15) is 0 Å². The van der Waals surface area contributed by atoms with Gasteiger partial charge in [-0.25, -0.2) is 0 Å². The van der Waals surface area contributed by atoms with Crippen LogP contribution in [0.1, 0.15) is 44.1 Å². The third-order valence-corrected chi connectivity index (χ3v) is 5.84. The molecule has 8 nitrogen and oxygen atoms in total. The summed E-state index contributed by atoms with van der Waals surface area (Å²) >= 11 is 0. The first-order valence-corrected chi connectivity index (χ1v) is 10.9. The largest absolute Gasteiger partial charge is 0.493 e. The quantitative estimate of drug-likeness (QED) is 0.263. The molecular formula is C22H36IN5O3. The molecule has 1 aromatic rings. The summed E-state index contributed by atoms with van der Waals surface area (Å²) in [6.45, 7) is 2.64. The molecule has 3 rings (SSSR count). The molecule has 0 atom stereocenters. The van der Waals surface area contributed by atoms with Crippen molar-refractivity contribution in [3.63, 3.8) is 0 Å². The fourth-order valence-electron chi connectivity index (χ4n) is 4.19. The van der Waals surface area contributed by atoms with Gasteiger partial charge in [0.1, 0.15) is 0 Å². The number of para-hydroxylation sites is 1. The Balaban J connectivity index is 0.00000341. The molecule has 1 heterocycles. The monoisotopic (exact) mass is 545 g/mol. The van der Waals surface area contributed by atoms with E-state index < -0.39 is 0 Å². The van der Waals surface area contributed by atoms with E-state index in [1.54, 1.807) is 14.2 Å². The van der Waals surface area contributed by atoms with E-state index >= 15 is 0 Å². The number of guanidine groups is 1. The summed E-state index contributed by atoms with van der Waals surface area (Å²) in [6, 6.07) is 6.32. The number of methoxy groups -OCH3 is 1. The van der Waals surface area contributed by atoms with Gasteiger partial charge in [-0.1, -0.05) is 12.1 Å². The maximum Gasteiger partial charge on any atom is 0.231 e. The van der Waals surface area contributed by atoms with E-state index in [2.05, 4.69) is 26.6 Å². The Kier molecular flexibility index (Phi) is 10.7. The van der Waals surface area contributed by atoms with Crippen LogP contribution in [0.25, 0.3) is 0 Å². The molecule has 174 valence electrons. The number of benzene rings is 1. The Morgan fingerprint density at radius 1 is 1.23 bits per heavy atom. The van der Waals surface area contributed by atoms with Crippen LogP contribution >= 0.6 is 24.0 Å². The molecule has 2 fully saturated rings. The first kappa shape index (κ1) is 25.5.